The first-order chi connectivity index (χ1) is 14.7. The second kappa shape index (κ2) is 9.92. The lowest BCUT2D eigenvalue weighted by Crippen LogP contribution is -2.39. The fourth-order valence-corrected chi connectivity index (χ4v) is 4.36. The molecule has 0 aliphatic carbocycles. The van der Waals surface area contributed by atoms with E-state index in [1.165, 1.54) is 5.56 Å². The van der Waals surface area contributed by atoms with Gasteiger partial charge < -0.3 is 10.2 Å². The Kier molecular flexibility index (Phi) is 6.83. The molecule has 0 unspecified atom stereocenters. The van der Waals surface area contributed by atoms with E-state index in [1.54, 1.807) is 0 Å². The first kappa shape index (κ1) is 20.6. The van der Waals surface area contributed by atoms with Crippen LogP contribution in [0.3, 0.4) is 0 Å². The normalized spacial score (nSPS) is 18.3. The van der Waals surface area contributed by atoms with Gasteiger partial charge in [0.15, 0.2) is 0 Å². The Hall–Kier alpha value is -2.62. The Morgan fingerprint density at radius 2 is 1.43 bits per heavy atom. The van der Waals surface area contributed by atoms with Crippen LogP contribution < -0.4 is 10.2 Å². The molecule has 154 valence electrons. The Morgan fingerprint density at radius 3 is 2.10 bits per heavy atom. The zero-order valence-electron chi connectivity index (χ0n) is 17.0. The summed E-state index contributed by atoms with van der Waals surface area (Å²) < 4.78 is 0. The molecule has 1 amide bonds. The molecule has 4 rings (SSSR count). The van der Waals surface area contributed by atoms with Gasteiger partial charge in [0.25, 0.3) is 0 Å². The van der Waals surface area contributed by atoms with Crippen molar-refractivity contribution >= 4 is 23.2 Å². The van der Waals surface area contributed by atoms with E-state index >= 15 is 0 Å². The van der Waals surface area contributed by atoms with Crippen LogP contribution in [0, 0.1) is 11.8 Å². The topological polar surface area (TPSA) is 32.3 Å². The van der Waals surface area contributed by atoms with Crippen molar-refractivity contribution in [1.29, 1.82) is 0 Å². The molecule has 2 atom stereocenters. The molecule has 0 saturated carbocycles. The molecule has 0 bridgehead atoms. The largest absolute Gasteiger partial charge is 0.316 e. The number of nitrogens with one attached hydrogen (secondary N) is 1. The lowest BCUT2D eigenvalue weighted by molar-refractivity contribution is -0.118. The minimum Gasteiger partial charge on any atom is -0.316 e. The molecule has 3 nitrogen and oxygen atoms in total. The Balaban J connectivity index is 1.52. The van der Waals surface area contributed by atoms with Gasteiger partial charge in [0.2, 0.25) is 5.91 Å². The molecule has 1 saturated heterocycles. The quantitative estimate of drug-likeness (QED) is 0.586. The van der Waals surface area contributed by atoms with E-state index in [0.717, 1.165) is 30.8 Å². The van der Waals surface area contributed by atoms with Crippen LogP contribution in [0.15, 0.2) is 84.9 Å². The fourth-order valence-electron chi connectivity index (χ4n) is 4.23. The lowest BCUT2D eigenvalue weighted by Gasteiger charge is -2.29. The Labute approximate surface area is 183 Å². The summed E-state index contributed by atoms with van der Waals surface area (Å²) in [6.07, 6.45) is 1.42. The monoisotopic (exact) mass is 418 g/mol. The molecule has 1 fully saturated rings. The Morgan fingerprint density at radius 1 is 0.833 bits per heavy atom. The van der Waals surface area contributed by atoms with Crippen molar-refractivity contribution in [2.24, 2.45) is 11.8 Å². The van der Waals surface area contributed by atoms with E-state index in [9.17, 15) is 4.79 Å². The van der Waals surface area contributed by atoms with Gasteiger partial charge in [-0.1, -0.05) is 72.3 Å². The second-order valence-corrected chi connectivity index (χ2v) is 8.45. The van der Waals surface area contributed by atoms with Gasteiger partial charge in [0.05, 0.1) is 6.42 Å². The number of amides is 1. The number of hydrogen-bond donors (Lipinski definition) is 1. The van der Waals surface area contributed by atoms with Gasteiger partial charge in [0, 0.05) is 17.3 Å². The third kappa shape index (κ3) is 5.29. The van der Waals surface area contributed by atoms with Crippen LogP contribution in [-0.4, -0.2) is 25.5 Å². The molecule has 0 spiro atoms. The molecular weight excluding hydrogens is 392 g/mol. The number of halogens is 1. The molecule has 3 aromatic carbocycles. The van der Waals surface area contributed by atoms with E-state index in [1.807, 2.05) is 59.5 Å². The molecular formula is C26H27ClN2O. The number of rotatable bonds is 7. The maximum Gasteiger partial charge on any atom is 0.231 e. The summed E-state index contributed by atoms with van der Waals surface area (Å²) in [5.74, 6) is 1.03. The summed E-state index contributed by atoms with van der Waals surface area (Å²) >= 11 is 6.10. The second-order valence-electron chi connectivity index (χ2n) is 8.01. The SMILES string of the molecule is O=C(Cc1ccccc1)N(C[C@@H]1CNC[C@@H]1Cc1ccccc1)c1ccc(Cl)cc1. The average Bonchev–Trinajstić information content (AvgIpc) is 3.21. The standard InChI is InChI=1S/C26H27ClN2O/c27-24-11-13-25(14-12-24)29(26(30)16-21-9-5-2-6-10-21)19-23-18-28-17-22(23)15-20-7-3-1-4-8-20/h1-14,22-23,28H,15-19H2/t22-,23-/m0/s1. The first-order valence-electron chi connectivity index (χ1n) is 10.5. The molecule has 30 heavy (non-hydrogen) atoms. The van der Waals surface area contributed by atoms with Crippen LogP contribution in [-0.2, 0) is 17.6 Å². The highest BCUT2D eigenvalue weighted by molar-refractivity contribution is 6.30. The van der Waals surface area contributed by atoms with Crippen LogP contribution >= 0.6 is 11.6 Å². The third-order valence-corrected chi connectivity index (χ3v) is 6.13. The van der Waals surface area contributed by atoms with E-state index in [4.69, 9.17) is 11.6 Å². The molecule has 0 aromatic heterocycles. The van der Waals surface area contributed by atoms with Gasteiger partial charge in [0.1, 0.15) is 0 Å². The van der Waals surface area contributed by atoms with Crippen molar-refractivity contribution in [1.82, 2.24) is 5.32 Å². The van der Waals surface area contributed by atoms with Crippen LogP contribution in [0.25, 0.3) is 0 Å². The summed E-state index contributed by atoms with van der Waals surface area (Å²) in [6, 6.07) is 28.2. The van der Waals surface area contributed by atoms with Crippen molar-refractivity contribution < 1.29 is 4.79 Å². The van der Waals surface area contributed by atoms with Gasteiger partial charge in [-0.2, -0.15) is 0 Å². The summed E-state index contributed by atoms with van der Waals surface area (Å²) in [5.41, 5.74) is 3.29. The van der Waals surface area contributed by atoms with Gasteiger partial charge in [-0.15, -0.1) is 0 Å². The molecule has 1 N–H and O–H groups in total. The first-order valence-corrected chi connectivity index (χ1v) is 10.9. The summed E-state index contributed by atoms with van der Waals surface area (Å²) in [6.45, 7) is 2.62. The summed E-state index contributed by atoms with van der Waals surface area (Å²) in [4.78, 5) is 15.3. The van der Waals surface area contributed by atoms with Gasteiger partial charge in [-0.3, -0.25) is 4.79 Å². The van der Waals surface area contributed by atoms with E-state index in [-0.39, 0.29) is 5.91 Å². The van der Waals surface area contributed by atoms with Gasteiger partial charge in [-0.05, 0) is 66.7 Å². The highest BCUT2D eigenvalue weighted by atomic mass is 35.5. The molecule has 1 aliphatic heterocycles. The minimum absolute atomic E-state index is 0.119. The maximum absolute atomic E-state index is 13.3. The van der Waals surface area contributed by atoms with E-state index < -0.39 is 0 Å². The van der Waals surface area contributed by atoms with Crippen LogP contribution in [0.5, 0.6) is 0 Å². The van der Waals surface area contributed by atoms with Crippen molar-refractivity contribution in [2.75, 3.05) is 24.5 Å². The molecule has 1 aliphatic rings. The van der Waals surface area contributed by atoms with Crippen LogP contribution in [0.2, 0.25) is 5.02 Å². The number of benzene rings is 3. The van der Waals surface area contributed by atoms with Crippen LogP contribution in [0.1, 0.15) is 11.1 Å². The number of carbonyl (C=O) groups is 1. The summed E-state index contributed by atoms with van der Waals surface area (Å²) in [5, 5.41) is 4.22. The molecule has 0 radical (unpaired) electrons. The highest BCUT2D eigenvalue weighted by Gasteiger charge is 2.30. The van der Waals surface area contributed by atoms with E-state index in [0.29, 0.717) is 29.8 Å². The number of hydrogen-bond acceptors (Lipinski definition) is 2. The molecule has 3 aromatic rings. The number of anilines is 1. The predicted molar refractivity (Wildman–Crippen MR) is 124 cm³/mol. The number of nitrogens with zero attached hydrogens (tertiary/aromatic N) is 1. The van der Waals surface area contributed by atoms with Crippen molar-refractivity contribution in [3.05, 3.63) is 101 Å². The molecule has 4 heteroatoms. The van der Waals surface area contributed by atoms with E-state index in [2.05, 4.69) is 35.6 Å². The Bertz CT molecular complexity index is 944. The minimum atomic E-state index is 0.119. The predicted octanol–water partition coefficient (Wildman–Crippen LogP) is 4.99. The van der Waals surface area contributed by atoms with Gasteiger partial charge in [-0.25, -0.2) is 0 Å². The zero-order valence-corrected chi connectivity index (χ0v) is 17.8. The third-order valence-electron chi connectivity index (χ3n) is 5.88. The van der Waals surface area contributed by atoms with Crippen molar-refractivity contribution in [3.63, 3.8) is 0 Å². The van der Waals surface area contributed by atoms with Crippen LogP contribution in [0.4, 0.5) is 5.69 Å². The van der Waals surface area contributed by atoms with Crippen molar-refractivity contribution in [3.8, 4) is 0 Å². The summed E-state index contributed by atoms with van der Waals surface area (Å²) in [7, 11) is 0. The maximum atomic E-state index is 13.3. The zero-order chi connectivity index (χ0) is 20.8. The highest BCUT2D eigenvalue weighted by Crippen LogP contribution is 2.26. The van der Waals surface area contributed by atoms with Crippen molar-refractivity contribution in [2.45, 2.75) is 12.8 Å². The number of carbonyl (C=O) groups excluding carboxylic acids is 1. The smallest absolute Gasteiger partial charge is 0.231 e. The average molecular weight is 419 g/mol. The fraction of sp³-hybridized carbons (Fsp3) is 0.269. The molecule has 1 heterocycles. The van der Waals surface area contributed by atoms with Gasteiger partial charge >= 0.3 is 0 Å². The lowest BCUT2D eigenvalue weighted by atomic mass is 9.89.